The van der Waals surface area contributed by atoms with Gasteiger partial charge in [0.05, 0.1) is 6.54 Å². The fourth-order valence-electron chi connectivity index (χ4n) is 4.44. The van der Waals surface area contributed by atoms with Crippen molar-refractivity contribution in [3.63, 3.8) is 0 Å². The van der Waals surface area contributed by atoms with E-state index in [0.29, 0.717) is 18.5 Å². The molecule has 7 heteroatoms. The van der Waals surface area contributed by atoms with E-state index >= 15 is 0 Å². The van der Waals surface area contributed by atoms with Crippen LogP contribution >= 0.6 is 0 Å². The van der Waals surface area contributed by atoms with Gasteiger partial charge in [0.1, 0.15) is 6.04 Å². The summed E-state index contributed by atoms with van der Waals surface area (Å²) in [7, 11) is 1.58. The first-order chi connectivity index (χ1) is 17.6. The molecule has 36 heavy (non-hydrogen) atoms. The third-order valence-electron chi connectivity index (χ3n) is 6.31. The topological polar surface area (TPSA) is 91.8 Å². The summed E-state index contributed by atoms with van der Waals surface area (Å²) in [6.45, 7) is 0.678. The Kier molecular flexibility index (Phi) is 6.62. The summed E-state index contributed by atoms with van der Waals surface area (Å²) >= 11 is 0. The van der Waals surface area contributed by atoms with Gasteiger partial charge in [-0.05, 0) is 40.5 Å². The van der Waals surface area contributed by atoms with Crippen molar-refractivity contribution in [1.29, 1.82) is 0 Å². The Balaban J connectivity index is 1.37. The molecule has 0 radical (unpaired) electrons. The summed E-state index contributed by atoms with van der Waals surface area (Å²) in [5, 5.41) is 10.9. The van der Waals surface area contributed by atoms with E-state index in [1.165, 1.54) is 0 Å². The Labute approximate surface area is 209 Å². The fraction of sp³-hybridized carbons (Fsp3) is 0.138. The Hall–Kier alpha value is -4.65. The second-order valence-electron chi connectivity index (χ2n) is 8.65. The second-order valence-corrected chi connectivity index (χ2v) is 8.65. The number of amides is 2. The molecule has 5 aromatic rings. The average Bonchev–Trinajstić information content (AvgIpc) is 3.58. The third kappa shape index (κ3) is 4.90. The van der Waals surface area contributed by atoms with Gasteiger partial charge in [0, 0.05) is 48.5 Å². The molecular weight excluding hydrogens is 450 g/mol. The normalized spacial score (nSPS) is 11.8. The highest BCUT2D eigenvalue weighted by atomic mass is 16.2. The number of aromatic amines is 1. The lowest BCUT2D eigenvalue weighted by Crippen LogP contribution is -2.47. The lowest BCUT2D eigenvalue weighted by molar-refractivity contribution is -0.122. The molecule has 5 rings (SSSR count). The molecule has 2 aromatic heterocycles. The lowest BCUT2D eigenvalue weighted by Gasteiger charge is -2.18. The molecule has 0 bridgehead atoms. The molecule has 0 spiro atoms. The molecule has 3 N–H and O–H groups in total. The summed E-state index contributed by atoms with van der Waals surface area (Å²) in [6.07, 6.45) is 5.95. The molecular formula is C29H27N5O2. The van der Waals surface area contributed by atoms with Crippen LogP contribution in [-0.4, -0.2) is 39.7 Å². The first-order valence-electron chi connectivity index (χ1n) is 11.9. The van der Waals surface area contributed by atoms with Crippen LogP contribution in [0.2, 0.25) is 0 Å². The smallest absolute Gasteiger partial charge is 0.252 e. The molecule has 2 heterocycles. The number of nitrogens with one attached hydrogen (secondary N) is 3. The molecule has 0 saturated heterocycles. The Bertz CT molecular complexity index is 1490. The Morgan fingerprint density at radius 2 is 1.75 bits per heavy atom. The van der Waals surface area contributed by atoms with Crippen LogP contribution in [0.1, 0.15) is 21.5 Å². The number of benzene rings is 3. The Morgan fingerprint density at radius 1 is 0.972 bits per heavy atom. The first-order valence-corrected chi connectivity index (χ1v) is 11.9. The van der Waals surface area contributed by atoms with Crippen LogP contribution in [0.5, 0.6) is 0 Å². The van der Waals surface area contributed by atoms with Gasteiger partial charge in [-0.25, -0.2) is 0 Å². The van der Waals surface area contributed by atoms with Gasteiger partial charge >= 0.3 is 0 Å². The highest BCUT2D eigenvalue weighted by Gasteiger charge is 2.23. The predicted molar refractivity (Wildman–Crippen MR) is 141 cm³/mol. The second kappa shape index (κ2) is 10.3. The van der Waals surface area contributed by atoms with Crippen LogP contribution in [0.4, 0.5) is 0 Å². The highest BCUT2D eigenvalue weighted by molar-refractivity contribution is 6.03. The molecule has 0 aliphatic rings. The molecule has 180 valence electrons. The molecule has 7 nitrogen and oxygen atoms in total. The third-order valence-corrected chi connectivity index (χ3v) is 6.31. The summed E-state index contributed by atoms with van der Waals surface area (Å²) in [5.74, 6) is -0.534. The molecule has 2 amide bonds. The van der Waals surface area contributed by atoms with Crippen molar-refractivity contribution < 1.29 is 9.59 Å². The molecule has 1 atom stereocenters. The van der Waals surface area contributed by atoms with Crippen LogP contribution in [0.15, 0.2) is 97.5 Å². The maximum atomic E-state index is 13.4. The summed E-state index contributed by atoms with van der Waals surface area (Å²) in [5.41, 5.74) is 5.34. The number of fused-ring (bicyclic) bond motifs is 1. The zero-order valence-corrected chi connectivity index (χ0v) is 19.9. The maximum absolute atomic E-state index is 13.4. The molecule has 0 aliphatic heterocycles. The average molecular weight is 478 g/mol. The van der Waals surface area contributed by atoms with Crippen LogP contribution in [0, 0.1) is 0 Å². The SMILES string of the molecule is CNC(=O)[C@H](Cc1c[nH]c2ccccc12)NC(=O)c1ccccc1-c1ccc(Cn2cccn2)cc1. The standard InChI is InChI=1S/C29H27N5O2/c1-30-29(36)27(17-22-18-31-26-10-5-4-8-24(22)26)33-28(35)25-9-3-2-7-23(25)21-13-11-20(12-14-21)19-34-16-6-15-32-34/h2-16,18,27,31H,17,19H2,1H3,(H,30,36)(H,33,35)/t27-/m0/s1. The minimum atomic E-state index is -0.716. The fourth-order valence-corrected chi connectivity index (χ4v) is 4.44. The molecule has 0 unspecified atom stereocenters. The first kappa shape index (κ1) is 23.1. The van der Waals surface area contributed by atoms with Crippen molar-refractivity contribution in [3.8, 4) is 11.1 Å². The van der Waals surface area contributed by atoms with E-state index in [0.717, 1.165) is 33.2 Å². The van der Waals surface area contributed by atoms with E-state index in [1.807, 2.05) is 89.9 Å². The van der Waals surface area contributed by atoms with Crippen molar-refractivity contribution in [2.45, 2.75) is 19.0 Å². The maximum Gasteiger partial charge on any atom is 0.252 e. The number of nitrogens with zero attached hydrogens (tertiary/aromatic N) is 2. The van der Waals surface area contributed by atoms with E-state index in [2.05, 4.69) is 20.7 Å². The molecule has 0 saturated carbocycles. The minimum absolute atomic E-state index is 0.242. The van der Waals surface area contributed by atoms with Crippen molar-refractivity contribution in [2.75, 3.05) is 7.05 Å². The van der Waals surface area contributed by atoms with Gasteiger partial charge in [-0.3, -0.25) is 14.3 Å². The minimum Gasteiger partial charge on any atom is -0.361 e. The number of carbonyl (C=O) groups excluding carboxylic acids is 2. The van der Waals surface area contributed by atoms with Gasteiger partial charge in [0.15, 0.2) is 0 Å². The number of carbonyl (C=O) groups is 2. The quantitative estimate of drug-likeness (QED) is 0.313. The highest BCUT2D eigenvalue weighted by Crippen LogP contribution is 2.25. The van der Waals surface area contributed by atoms with E-state index in [4.69, 9.17) is 0 Å². The van der Waals surface area contributed by atoms with Crippen LogP contribution < -0.4 is 10.6 Å². The number of hydrogen-bond donors (Lipinski definition) is 3. The van der Waals surface area contributed by atoms with E-state index < -0.39 is 6.04 Å². The van der Waals surface area contributed by atoms with Gasteiger partial charge in [0.2, 0.25) is 5.91 Å². The zero-order valence-electron chi connectivity index (χ0n) is 19.9. The van der Waals surface area contributed by atoms with E-state index in [1.54, 1.807) is 19.3 Å². The van der Waals surface area contributed by atoms with Gasteiger partial charge in [-0.1, -0.05) is 60.7 Å². The summed E-state index contributed by atoms with van der Waals surface area (Å²) in [4.78, 5) is 29.4. The number of rotatable bonds is 8. The lowest BCUT2D eigenvalue weighted by atomic mass is 9.97. The monoisotopic (exact) mass is 477 g/mol. The number of para-hydroxylation sites is 1. The van der Waals surface area contributed by atoms with Gasteiger partial charge in [0.25, 0.3) is 5.91 Å². The molecule has 3 aromatic carbocycles. The van der Waals surface area contributed by atoms with Crippen LogP contribution in [0.25, 0.3) is 22.0 Å². The van der Waals surface area contributed by atoms with E-state index in [9.17, 15) is 9.59 Å². The van der Waals surface area contributed by atoms with Crippen molar-refractivity contribution >= 4 is 22.7 Å². The van der Waals surface area contributed by atoms with Gasteiger partial charge < -0.3 is 15.6 Å². The molecule has 0 fully saturated rings. The van der Waals surface area contributed by atoms with Crippen molar-refractivity contribution in [1.82, 2.24) is 25.4 Å². The number of aromatic nitrogens is 3. The van der Waals surface area contributed by atoms with Crippen molar-refractivity contribution in [2.24, 2.45) is 0 Å². The van der Waals surface area contributed by atoms with Crippen LogP contribution in [0.3, 0.4) is 0 Å². The largest absolute Gasteiger partial charge is 0.361 e. The Morgan fingerprint density at radius 3 is 2.53 bits per heavy atom. The van der Waals surface area contributed by atoms with Gasteiger partial charge in [-0.2, -0.15) is 5.10 Å². The van der Waals surface area contributed by atoms with E-state index in [-0.39, 0.29) is 11.8 Å². The zero-order chi connectivity index (χ0) is 24.9. The predicted octanol–water partition coefficient (Wildman–Crippen LogP) is 4.17. The number of likely N-dealkylation sites (N-methyl/N-ethyl adjacent to an activating group) is 1. The van der Waals surface area contributed by atoms with Crippen LogP contribution in [-0.2, 0) is 17.8 Å². The molecule has 0 aliphatic carbocycles. The van der Waals surface area contributed by atoms with Crippen molar-refractivity contribution in [3.05, 3.63) is 114 Å². The van der Waals surface area contributed by atoms with Gasteiger partial charge in [-0.15, -0.1) is 0 Å². The number of hydrogen-bond acceptors (Lipinski definition) is 3. The number of H-pyrrole nitrogens is 1. The summed E-state index contributed by atoms with van der Waals surface area (Å²) in [6, 6.07) is 24.6. The summed E-state index contributed by atoms with van der Waals surface area (Å²) < 4.78 is 1.86.